The van der Waals surface area contributed by atoms with Gasteiger partial charge in [0.1, 0.15) is 17.2 Å². The standard InChI is InChI=1S/C23H28N2O5/c1-16-5-6-17(13-20(16)29-3)14-22(26)24-9-11-25(12-10-24)23(27)19-8-7-18(28-2)15-21(19)30-4/h5-8,13,15H,9-12,14H2,1-4H3. The summed E-state index contributed by atoms with van der Waals surface area (Å²) < 4.78 is 15.9. The average Bonchev–Trinajstić information content (AvgIpc) is 2.79. The van der Waals surface area contributed by atoms with Crippen molar-refractivity contribution in [1.29, 1.82) is 0 Å². The van der Waals surface area contributed by atoms with E-state index in [-0.39, 0.29) is 11.8 Å². The molecule has 160 valence electrons. The highest BCUT2D eigenvalue weighted by Crippen LogP contribution is 2.26. The van der Waals surface area contributed by atoms with Gasteiger partial charge in [0.25, 0.3) is 5.91 Å². The van der Waals surface area contributed by atoms with Crippen LogP contribution in [-0.2, 0) is 11.2 Å². The van der Waals surface area contributed by atoms with Crippen molar-refractivity contribution in [3.05, 3.63) is 53.1 Å². The Kier molecular flexibility index (Phi) is 6.82. The maximum Gasteiger partial charge on any atom is 0.257 e. The van der Waals surface area contributed by atoms with Crippen LogP contribution in [0, 0.1) is 6.92 Å². The van der Waals surface area contributed by atoms with Crippen LogP contribution in [0.5, 0.6) is 17.2 Å². The number of hydrogen-bond acceptors (Lipinski definition) is 5. The van der Waals surface area contributed by atoms with E-state index in [1.807, 2.05) is 25.1 Å². The summed E-state index contributed by atoms with van der Waals surface area (Å²) in [4.78, 5) is 29.2. The van der Waals surface area contributed by atoms with Gasteiger partial charge in [0.05, 0.1) is 33.3 Å². The van der Waals surface area contributed by atoms with Crippen LogP contribution in [-0.4, -0.2) is 69.1 Å². The van der Waals surface area contributed by atoms with Crippen LogP contribution in [0.25, 0.3) is 0 Å². The second-order valence-electron chi connectivity index (χ2n) is 7.22. The molecule has 2 aromatic rings. The van der Waals surface area contributed by atoms with Gasteiger partial charge >= 0.3 is 0 Å². The second kappa shape index (κ2) is 9.52. The third-order valence-electron chi connectivity index (χ3n) is 5.39. The van der Waals surface area contributed by atoms with Crippen LogP contribution < -0.4 is 14.2 Å². The molecule has 0 aliphatic carbocycles. The van der Waals surface area contributed by atoms with Crippen LogP contribution in [0.3, 0.4) is 0 Å². The normalized spacial score (nSPS) is 13.7. The first-order valence-electron chi connectivity index (χ1n) is 9.89. The van der Waals surface area contributed by atoms with E-state index in [0.29, 0.717) is 49.7 Å². The summed E-state index contributed by atoms with van der Waals surface area (Å²) in [5, 5.41) is 0. The molecule has 0 radical (unpaired) electrons. The topological polar surface area (TPSA) is 68.3 Å². The van der Waals surface area contributed by atoms with Crippen molar-refractivity contribution in [2.45, 2.75) is 13.3 Å². The van der Waals surface area contributed by atoms with Gasteiger partial charge in [0, 0.05) is 32.2 Å². The number of aryl methyl sites for hydroxylation is 1. The Labute approximate surface area is 177 Å². The molecule has 7 nitrogen and oxygen atoms in total. The van der Waals surface area contributed by atoms with Crippen molar-refractivity contribution in [2.24, 2.45) is 0 Å². The maximum atomic E-state index is 12.9. The van der Waals surface area contributed by atoms with Gasteiger partial charge in [-0.2, -0.15) is 0 Å². The minimum Gasteiger partial charge on any atom is -0.497 e. The lowest BCUT2D eigenvalue weighted by atomic mass is 10.1. The molecule has 0 unspecified atom stereocenters. The van der Waals surface area contributed by atoms with E-state index < -0.39 is 0 Å². The van der Waals surface area contributed by atoms with E-state index in [9.17, 15) is 9.59 Å². The maximum absolute atomic E-state index is 12.9. The Hall–Kier alpha value is -3.22. The summed E-state index contributed by atoms with van der Waals surface area (Å²) in [5.41, 5.74) is 2.45. The molecule has 0 aromatic heterocycles. The molecule has 1 aliphatic rings. The molecule has 2 aromatic carbocycles. The van der Waals surface area contributed by atoms with Gasteiger partial charge < -0.3 is 24.0 Å². The highest BCUT2D eigenvalue weighted by atomic mass is 16.5. The first-order valence-corrected chi connectivity index (χ1v) is 9.89. The van der Waals surface area contributed by atoms with Crippen molar-refractivity contribution in [1.82, 2.24) is 9.80 Å². The first kappa shape index (κ1) is 21.5. The van der Waals surface area contributed by atoms with Gasteiger partial charge in [-0.3, -0.25) is 9.59 Å². The number of carbonyl (C=O) groups is 2. The molecule has 0 spiro atoms. The van der Waals surface area contributed by atoms with Crippen molar-refractivity contribution >= 4 is 11.8 Å². The summed E-state index contributed by atoms with van der Waals surface area (Å²) in [7, 11) is 4.73. The van der Waals surface area contributed by atoms with Crippen molar-refractivity contribution in [3.8, 4) is 17.2 Å². The van der Waals surface area contributed by atoms with E-state index in [2.05, 4.69) is 0 Å². The molecule has 1 aliphatic heterocycles. The minimum absolute atomic E-state index is 0.0510. The summed E-state index contributed by atoms with van der Waals surface area (Å²) in [6.07, 6.45) is 0.316. The molecule has 1 fully saturated rings. The lowest BCUT2D eigenvalue weighted by Crippen LogP contribution is -2.51. The number of rotatable bonds is 6. The molecular weight excluding hydrogens is 384 g/mol. The van der Waals surface area contributed by atoms with Gasteiger partial charge in [-0.05, 0) is 36.2 Å². The third-order valence-corrected chi connectivity index (χ3v) is 5.39. The van der Waals surface area contributed by atoms with E-state index in [1.54, 1.807) is 42.2 Å². The molecule has 0 bridgehead atoms. The Bertz CT molecular complexity index is 920. The van der Waals surface area contributed by atoms with Gasteiger partial charge in [-0.15, -0.1) is 0 Å². The zero-order chi connectivity index (χ0) is 21.7. The molecule has 30 heavy (non-hydrogen) atoms. The van der Waals surface area contributed by atoms with Crippen molar-refractivity contribution in [2.75, 3.05) is 47.5 Å². The number of hydrogen-bond donors (Lipinski definition) is 0. The lowest BCUT2D eigenvalue weighted by Gasteiger charge is -2.35. The molecular formula is C23H28N2O5. The summed E-state index contributed by atoms with van der Waals surface area (Å²) in [5.74, 6) is 1.83. The number of ether oxygens (including phenoxy) is 3. The predicted molar refractivity (Wildman–Crippen MR) is 113 cm³/mol. The van der Waals surface area contributed by atoms with Crippen LogP contribution in [0.15, 0.2) is 36.4 Å². The summed E-state index contributed by atoms with van der Waals surface area (Å²) in [6, 6.07) is 11.0. The van der Waals surface area contributed by atoms with Crippen LogP contribution >= 0.6 is 0 Å². The van der Waals surface area contributed by atoms with Gasteiger partial charge in [-0.1, -0.05) is 12.1 Å². The van der Waals surface area contributed by atoms with Gasteiger partial charge in [0.2, 0.25) is 5.91 Å². The molecule has 3 rings (SSSR count). The molecule has 0 atom stereocenters. The number of methoxy groups -OCH3 is 3. The van der Waals surface area contributed by atoms with E-state index in [0.717, 1.165) is 16.9 Å². The summed E-state index contributed by atoms with van der Waals surface area (Å²) >= 11 is 0. The minimum atomic E-state index is -0.107. The Morgan fingerprint density at radius 3 is 2.13 bits per heavy atom. The first-order chi connectivity index (χ1) is 14.5. The highest BCUT2D eigenvalue weighted by molar-refractivity contribution is 5.97. The smallest absolute Gasteiger partial charge is 0.257 e. The second-order valence-corrected chi connectivity index (χ2v) is 7.22. The van der Waals surface area contributed by atoms with E-state index >= 15 is 0 Å². The van der Waals surface area contributed by atoms with Gasteiger partial charge in [0.15, 0.2) is 0 Å². The fourth-order valence-corrected chi connectivity index (χ4v) is 3.57. The van der Waals surface area contributed by atoms with Crippen molar-refractivity contribution < 1.29 is 23.8 Å². The predicted octanol–water partition coefficient (Wildman–Crippen LogP) is 2.55. The molecule has 1 heterocycles. The summed E-state index contributed by atoms with van der Waals surface area (Å²) in [6.45, 7) is 3.95. The lowest BCUT2D eigenvalue weighted by molar-refractivity contribution is -0.131. The fraction of sp³-hybridized carbons (Fsp3) is 0.391. The van der Waals surface area contributed by atoms with Crippen LogP contribution in [0.2, 0.25) is 0 Å². The highest BCUT2D eigenvalue weighted by Gasteiger charge is 2.26. The number of benzene rings is 2. The SMILES string of the molecule is COc1ccc(C(=O)N2CCN(C(=O)Cc3ccc(C)c(OC)c3)CC2)c(OC)c1. The van der Waals surface area contributed by atoms with Crippen LogP contribution in [0.1, 0.15) is 21.5 Å². The molecule has 1 saturated heterocycles. The Morgan fingerprint density at radius 1 is 0.833 bits per heavy atom. The zero-order valence-electron chi connectivity index (χ0n) is 17.9. The quantitative estimate of drug-likeness (QED) is 0.729. The van der Waals surface area contributed by atoms with Crippen LogP contribution in [0.4, 0.5) is 0 Å². The van der Waals surface area contributed by atoms with E-state index in [1.165, 1.54) is 7.11 Å². The number of nitrogens with zero attached hydrogens (tertiary/aromatic N) is 2. The fourth-order valence-electron chi connectivity index (χ4n) is 3.57. The molecule has 2 amide bonds. The Morgan fingerprint density at radius 2 is 1.50 bits per heavy atom. The third kappa shape index (κ3) is 4.67. The van der Waals surface area contributed by atoms with Gasteiger partial charge in [-0.25, -0.2) is 0 Å². The zero-order valence-corrected chi connectivity index (χ0v) is 17.9. The Balaban J connectivity index is 1.60. The molecule has 0 N–H and O–H groups in total. The number of carbonyl (C=O) groups excluding carboxylic acids is 2. The number of amides is 2. The molecule has 7 heteroatoms. The molecule has 0 saturated carbocycles. The van der Waals surface area contributed by atoms with E-state index in [4.69, 9.17) is 14.2 Å². The van der Waals surface area contributed by atoms with Crippen molar-refractivity contribution in [3.63, 3.8) is 0 Å². The largest absolute Gasteiger partial charge is 0.497 e. The monoisotopic (exact) mass is 412 g/mol. The number of piperazine rings is 1. The average molecular weight is 412 g/mol.